The molecular weight excluding hydrogens is 238 g/mol. The predicted octanol–water partition coefficient (Wildman–Crippen LogP) is 1.83. The maximum atomic E-state index is 6.09. The summed E-state index contributed by atoms with van der Waals surface area (Å²) in [4.78, 5) is 4.88. The molecule has 2 rings (SSSR count). The Bertz CT molecular complexity index is 415. The third-order valence-corrected chi connectivity index (χ3v) is 4.47. The molecule has 0 bridgehead atoms. The van der Waals surface area contributed by atoms with E-state index in [0.717, 1.165) is 37.6 Å². The first-order valence-corrected chi connectivity index (χ1v) is 7.17. The normalized spacial score (nSPS) is 24.8. The molecule has 1 fully saturated rings. The van der Waals surface area contributed by atoms with Crippen LogP contribution >= 0.6 is 0 Å². The maximum absolute atomic E-state index is 6.09. The lowest BCUT2D eigenvalue weighted by atomic mass is 9.96. The average Bonchev–Trinajstić information content (AvgIpc) is 2.96. The highest BCUT2D eigenvalue weighted by atomic mass is 16.3. The minimum absolute atomic E-state index is 0.0883. The first-order valence-electron chi connectivity index (χ1n) is 7.17. The standard InChI is InChI=1S/C15H27N3O/c1-12(2)18-8-7-15(10-16,11-18)17(4)9-14-6-5-13(3)19-14/h5-6,12H,7-11,16H2,1-4H3. The molecule has 19 heavy (non-hydrogen) atoms. The van der Waals surface area contributed by atoms with Crippen LogP contribution in [0.15, 0.2) is 16.5 Å². The van der Waals surface area contributed by atoms with E-state index >= 15 is 0 Å². The van der Waals surface area contributed by atoms with Crippen LogP contribution in [0.3, 0.4) is 0 Å². The van der Waals surface area contributed by atoms with Crippen LogP contribution in [0.25, 0.3) is 0 Å². The van der Waals surface area contributed by atoms with E-state index in [9.17, 15) is 0 Å². The summed E-state index contributed by atoms with van der Waals surface area (Å²) in [5, 5.41) is 0. The van der Waals surface area contributed by atoms with E-state index in [4.69, 9.17) is 10.2 Å². The highest BCUT2D eigenvalue weighted by Gasteiger charge is 2.41. The van der Waals surface area contributed by atoms with E-state index in [1.807, 2.05) is 13.0 Å². The second-order valence-electron chi connectivity index (χ2n) is 6.11. The minimum Gasteiger partial charge on any atom is -0.465 e. The van der Waals surface area contributed by atoms with E-state index in [1.165, 1.54) is 0 Å². The summed E-state index contributed by atoms with van der Waals surface area (Å²) < 4.78 is 5.68. The average molecular weight is 265 g/mol. The molecule has 1 aromatic heterocycles. The molecule has 4 nitrogen and oxygen atoms in total. The molecule has 1 saturated heterocycles. The Hall–Kier alpha value is -0.840. The van der Waals surface area contributed by atoms with Crippen LogP contribution in [0.5, 0.6) is 0 Å². The van der Waals surface area contributed by atoms with Crippen LogP contribution in [0.1, 0.15) is 31.8 Å². The van der Waals surface area contributed by atoms with Gasteiger partial charge >= 0.3 is 0 Å². The van der Waals surface area contributed by atoms with Gasteiger partial charge in [-0.2, -0.15) is 0 Å². The summed E-state index contributed by atoms with van der Waals surface area (Å²) in [6, 6.07) is 4.67. The number of likely N-dealkylation sites (N-methyl/N-ethyl adjacent to an activating group) is 1. The van der Waals surface area contributed by atoms with Crippen molar-refractivity contribution in [2.75, 3.05) is 26.7 Å². The minimum atomic E-state index is 0.0883. The van der Waals surface area contributed by atoms with Crippen LogP contribution in [-0.4, -0.2) is 48.1 Å². The van der Waals surface area contributed by atoms with Crippen LogP contribution in [-0.2, 0) is 6.54 Å². The summed E-state index contributed by atoms with van der Waals surface area (Å²) in [7, 11) is 2.16. The van der Waals surface area contributed by atoms with Crippen LogP contribution in [0, 0.1) is 6.92 Å². The molecular formula is C15H27N3O. The zero-order chi connectivity index (χ0) is 14.0. The molecule has 0 spiro atoms. The summed E-state index contributed by atoms with van der Waals surface area (Å²) in [6.07, 6.45) is 1.14. The van der Waals surface area contributed by atoms with Crippen molar-refractivity contribution in [3.05, 3.63) is 23.7 Å². The molecule has 1 unspecified atom stereocenters. The predicted molar refractivity (Wildman–Crippen MR) is 78.0 cm³/mol. The SMILES string of the molecule is Cc1ccc(CN(C)C2(CN)CCN(C(C)C)C2)o1. The summed E-state index contributed by atoms with van der Waals surface area (Å²) in [6.45, 7) is 10.2. The van der Waals surface area contributed by atoms with Gasteiger partial charge in [0, 0.05) is 31.2 Å². The van der Waals surface area contributed by atoms with Crippen molar-refractivity contribution in [1.29, 1.82) is 0 Å². The lowest BCUT2D eigenvalue weighted by Gasteiger charge is -2.38. The van der Waals surface area contributed by atoms with Crippen molar-refractivity contribution < 1.29 is 4.42 Å². The number of likely N-dealkylation sites (tertiary alicyclic amines) is 1. The molecule has 0 saturated carbocycles. The van der Waals surface area contributed by atoms with Gasteiger partial charge in [-0.25, -0.2) is 0 Å². The van der Waals surface area contributed by atoms with Gasteiger partial charge in [0.05, 0.1) is 6.54 Å². The van der Waals surface area contributed by atoms with Crippen LogP contribution < -0.4 is 5.73 Å². The smallest absolute Gasteiger partial charge is 0.118 e. The Balaban J connectivity index is 2.05. The third-order valence-electron chi connectivity index (χ3n) is 4.47. The van der Waals surface area contributed by atoms with Crippen molar-refractivity contribution in [3.63, 3.8) is 0 Å². The number of nitrogens with zero attached hydrogens (tertiary/aromatic N) is 2. The van der Waals surface area contributed by atoms with Gasteiger partial charge < -0.3 is 10.2 Å². The molecule has 2 N–H and O–H groups in total. The Kier molecular flexibility index (Phi) is 4.33. The Morgan fingerprint density at radius 2 is 2.21 bits per heavy atom. The molecule has 0 aliphatic carbocycles. The lowest BCUT2D eigenvalue weighted by molar-refractivity contribution is 0.108. The molecule has 108 valence electrons. The molecule has 1 aromatic rings. The first kappa shape index (κ1) is 14.6. The summed E-state index contributed by atoms with van der Waals surface area (Å²) in [5.74, 6) is 2.00. The topological polar surface area (TPSA) is 45.6 Å². The van der Waals surface area contributed by atoms with Crippen molar-refractivity contribution in [1.82, 2.24) is 9.80 Å². The number of furan rings is 1. The van der Waals surface area contributed by atoms with Crippen LogP contribution in [0.2, 0.25) is 0 Å². The summed E-state index contributed by atoms with van der Waals surface area (Å²) in [5.41, 5.74) is 6.18. The van der Waals surface area contributed by atoms with Gasteiger partial charge in [-0.1, -0.05) is 0 Å². The van der Waals surface area contributed by atoms with Crippen molar-refractivity contribution in [2.45, 2.75) is 45.3 Å². The van der Waals surface area contributed by atoms with Crippen LogP contribution in [0.4, 0.5) is 0 Å². The molecule has 1 aliphatic rings. The second-order valence-corrected chi connectivity index (χ2v) is 6.11. The second kappa shape index (κ2) is 5.65. The number of rotatable bonds is 5. The van der Waals surface area contributed by atoms with E-state index in [1.54, 1.807) is 0 Å². The molecule has 1 atom stereocenters. The zero-order valence-electron chi connectivity index (χ0n) is 12.6. The Morgan fingerprint density at radius 1 is 1.47 bits per heavy atom. The van der Waals surface area contributed by atoms with Gasteiger partial charge in [-0.05, 0) is 46.4 Å². The molecule has 1 aliphatic heterocycles. The Labute approximate surface area is 116 Å². The number of hydrogen-bond acceptors (Lipinski definition) is 4. The molecule has 0 aromatic carbocycles. The Morgan fingerprint density at radius 3 is 2.68 bits per heavy atom. The van der Waals surface area contributed by atoms with Gasteiger partial charge in [0.15, 0.2) is 0 Å². The molecule has 0 amide bonds. The van der Waals surface area contributed by atoms with Crippen molar-refractivity contribution in [2.24, 2.45) is 5.73 Å². The highest BCUT2D eigenvalue weighted by Crippen LogP contribution is 2.29. The van der Waals surface area contributed by atoms with Crippen molar-refractivity contribution in [3.8, 4) is 0 Å². The maximum Gasteiger partial charge on any atom is 0.118 e. The lowest BCUT2D eigenvalue weighted by Crippen LogP contribution is -2.54. The zero-order valence-corrected chi connectivity index (χ0v) is 12.6. The number of hydrogen-bond donors (Lipinski definition) is 1. The fraction of sp³-hybridized carbons (Fsp3) is 0.733. The number of nitrogens with two attached hydrogens (primary N) is 1. The first-order chi connectivity index (χ1) is 8.97. The third kappa shape index (κ3) is 3.02. The van der Waals surface area contributed by atoms with E-state index in [-0.39, 0.29) is 5.54 Å². The monoisotopic (exact) mass is 265 g/mol. The van der Waals surface area contributed by atoms with Gasteiger partial charge in [0.2, 0.25) is 0 Å². The quantitative estimate of drug-likeness (QED) is 0.882. The molecule has 4 heteroatoms. The molecule has 0 radical (unpaired) electrons. The van der Waals surface area contributed by atoms with Gasteiger partial charge in [-0.15, -0.1) is 0 Å². The molecule has 2 heterocycles. The van der Waals surface area contributed by atoms with Gasteiger partial charge in [0.25, 0.3) is 0 Å². The van der Waals surface area contributed by atoms with Gasteiger partial charge in [-0.3, -0.25) is 9.80 Å². The highest BCUT2D eigenvalue weighted by molar-refractivity contribution is 5.07. The van der Waals surface area contributed by atoms with E-state index < -0.39 is 0 Å². The van der Waals surface area contributed by atoms with E-state index in [0.29, 0.717) is 12.6 Å². The van der Waals surface area contributed by atoms with Gasteiger partial charge in [0.1, 0.15) is 11.5 Å². The summed E-state index contributed by atoms with van der Waals surface area (Å²) >= 11 is 0. The van der Waals surface area contributed by atoms with E-state index in [2.05, 4.69) is 36.8 Å². The fourth-order valence-electron chi connectivity index (χ4n) is 2.93. The fourth-order valence-corrected chi connectivity index (χ4v) is 2.93. The van der Waals surface area contributed by atoms with Crippen molar-refractivity contribution >= 4 is 0 Å². The number of aryl methyl sites for hydroxylation is 1. The largest absolute Gasteiger partial charge is 0.465 e.